The van der Waals surface area contributed by atoms with Gasteiger partial charge in [-0.25, -0.2) is 0 Å². The molecule has 4 nitrogen and oxygen atoms in total. The van der Waals surface area contributed by atoms with Gasteiger partial charge in [-0.3, -0.25) is 14.8 Å². The lowest BCUT2D eigenvalue weighted by Crippen LogP contribution is -2.36. The average molecular weight is 273 g/mol. The molecule has 2 fully saturated rings. The standard InChI is InChI=1S/C16H23N3O/c1-18-16(20)8-10-19(18)15-7-3-2-6-14(15)11-13-5-4-9-17-12-13/h2-3,6-7,13,17H,4-5,8-12H2,1H3. The highest BCUT2D eigenvalue weighted by atomic mass is 16.2. The van der Waals surface area contributed by atoms with Crippen molar-refractivity contribution >= 4 is 11.6 Å². The Morgan fingerprint density at radius 1 is 1.35 bits per heavy atom. The zero-order valence-electron chi connectivity index (χ0n) is 12.1. The second-order valence-electron chi connectivity index (χ2n) is 5.84. The van der Waals surface area contributed by atoms with Crippen LogP contribution in [0.2, 0.25) is 0 Å². The molecule has 2 heterocycles. The third-order valence-corrected chi connectivity index (χ3v) is 4.44. The lowest BCUT2D eigenvalue weighted by atomic mass is 9.91. The van der Waals surface area contributed by atoms with Gasteiger partial charge in [0.05, 0.1) is 5.69 Å². The van der Waals surface area contributed by atoms with E-state index in [9.17, 15) is 4.79 Å². The number of hydrogen-bond donors (Lipinski definition) is 1. The summed E-state index contributed by atoms with van der Waals surface area (Å²) in [5, 5.41) is 7.36. The number of piperidine rings is 1. The molecule has 1 atom stereocenters. The Balaban J connectivity index is 1.79. The predicted molar refractivity (Wildman–Crippen MR) is 80.5 cm³/mol. The molecule has 0 aromatic heterocycles. The van der Waals surface area contributed by atoms with Gasteiger partial charge in [0, 0.05) is 20.0 Å². The summed E-state index contributed by atoms with van der Waals surface area (Å²) in [5.41, 5.74) is 2.56. The van der Waals surface area contributed by atoms with Crippen LogP contribution in [0.5, 0.6) is 0 Å². The molecule has 20 heavy (non-hydrogen) atoms. The highest BCUT2D eigenvalue weighted by Crippen LogP contribution is 2.28. The van der Waals surface area contributed by atoms with Gasteiger partial charge >= 0.3 is 0 Å². The molecule has 1 aromatic rings. The van der Waals surface area contributed by atoms with Crippen molar-refractivity contribution in [1.82, 2.24) is 10.3 Å². The molecule has 4 heteroatoms. The topological polar surface area (TPSA) is 35.6 Å². The lowest BCUT2D eigenvalue weighted by molar-refractivity contribution is -0.126. The molecule has 0 bridgehead atoms. The van der Waals surface area contributed by atoms with Gasteiger partial charge < -0.3 is 5.32 Å². The molecule has 2 aliphatic heterocycles. The fourth-order valence-corrected chi connectivity index (χ4v) is 3.27. The zero-order valence-corrected chi connectivity index (χ0v) is 12.1. The van der Waals surface area contributed by atoms with E-state index in [1.165, 1.54) is 24.1 Å². The molecule has 3 rings (SSSR count). The number of para-hydroxylation sites is 1. The van der Waals surface area contributed by atoms with Crippen molar-refractivity contribution < 1.29 is 4.79 Å². The highest BCUT2D eigenvalue weighted by molar-refractivity contribution is 5.81. The summed E-state index contributed by atoms with van der Waals surface area (Å²) < 4.78 is 0. The SMILES string of the molecule is CN1C(=O)CCN1c1ccccc1CC1CCCNC1. The van der Waals surface area contributed by atoms with Crippen LogP contribution in [-0.2, 0) is 11.2 Å². The third-order valence-electron chi connectivity index (χ3n) is 4.44. The molecule has 0 radical (unpaired) electrons. The van der Waals surface area contributed by atoms with E-state index in [1.807, 2.05) is 7.05 Å². The largest absolute Gasteiger partial charge is 0.316 e. The number of nitrogens with one attached hydrogen (secondary N) is 1. The van der Waals surface area contributed by atoms with Crippen LogP contribution in [0.15, 0.2) is 24.3 Å². The number of carbonyl (C=O) groups excluding carboxylic acids is 1. The summed E-state index contributed by atoms with van der Waals surface area (Å²) in [6.07, 6.45) is 4.29. The number of rotatable bonds is 3. The van der Waals surface area contributed by atoms with Crippen LogP contribution >= 0.6 is 0 Å². The zero-order chi connectivity index (χ0) is 13.9. The second kappa shape index (κ2) is 5.83. The monoisotopic (exact) mass is 273 g/mol. The molecule has 108 valence electrons. The number of benzene rings is 1. The van der Waals surface area contributed by atoms with E-state index in [-0.39, 0.29) is 5.91 Å². The lowest BCUT2D eigenvalue weighted by Gasteiger charge is -2.30. The Morgan fingerprint density at radius 3 is 2.90 bits per heavy atom. The van der Waals surface area contributed by atoms with Gasteiger partial charge in [0.2, 0.25) is 5.91 Å². The molecule has 0 saturated carbocycles. The Labute approximate surface area is 120 Å². The van der Waals surface area contributed by atoms with Crippen LogP contribution in [0.1, 0.15) is 24.8 Å². The van der Waals surface area contributed by atoms with Gasteiger partial charge in [0.15, 0.2) is 0 Å². The van der Waals surface area contributed by atoms with Gasteiger partial charge in [-0.05, 0) is 49.9 Å². The van der Waals surface area contributed by atoms with Crippen molar-refractivity contribution in [3.8, 4) is 0 Å². The summed E-state index contributed by atoms with van der Waals surface area (Å²) in [7, 11) is 1.87. The maximum atomic E-state index is 11.7. The maximum Gasteiger partial charge on any atom is 0.242 e. The molecule has 1 unspecified atom stereocenters. The summed E-state index contributed by atoms with van der Waals surface area (Å²) in [4.78, 5) is 11.7. The quantitative estimate of drug-likeness (QED) is 0.912. The van der Waals surface area contributed by atoms with Gasteiger partial charge in [0.25, 0.3) is 0 Å². The van der Waals surface area contributed by atoms with Crippen molar-refractivity contribution in [2.24, 2.45) is 5.92 Å². The van der Waals surface area contributed by atoms with E-state index in [4.69, 9.17) is 0 Å². The van der Waals surface area contributed by atoms with E-state index in [0.717, 1.165) is 26.1 Å². The van der Waals surface area contributed by atoms with Crippen LogP contribution in [0, 0.1) is 5.92 Å². The molecule has 2 saturated heterocycles. The van der Waals surface area contributed by atoms with Crippen LogP contribution < -0.4 is 10.3 Å². The number of anilines is 1. The maximum absolute atomic E-state index is 11.7. The van der Waals surface area contributed by atoms with Crippen molar-refractivity contribution in [2.75, 3.05) is 31.7 Å². The summed E-state index contributed by atoms with van der Waals surface area (Å²) in [6, 6.07) is 8.52. The smallest absolute Gasteiger partial charge is 0.242 e. The van der Waals surface area contributed by atoms with Crippen LogP contribution in [0.25, 0.3) is 0 Å². The Bertz CT molecular complexity index is 482. The Morgan fingerprint density at radius 2 is 2.20 bits per heavy atom. The van der Waals surface area contributed by atoms with Gasteiger partial charge in [-0.15, -0.1) is 0 Å². The van der Waals surface area contributed by atoms with Gasteiger partial charge in [-0.1, -0.05) is 18.2 Å². The predicted octanol–water partition coefficient (Wildman–Crippen LogP) is 1.81. The number of carbonyl (C=O) groups is 1. The molecule has 1 N–H and O–H groups in total. The van der Waals surface area contributed by atoms with E-state index in [2.05, 4.69) is 34.6 Å². The fraction of sp³-hybridized carbons (Fsp3) is 0.562. The van der Waals surface area contributed by atoms with Crippen molar-refractivity contribution in [1.29, 1.82) is 0 Å². The van der Waals surface area contributed by atoms with Crippen molar-refractivity contribution in [3.05, 3.63) is 29.8 Å². The first kappa shape index (κ1) is 13.4. The second-order valence-corrected chi connectivity index (χ2v) is 5.84. The summed E-state index contributed by atoms with van der Waals surface area (Å²) in [6.45, 7) is 3.07. The fourth-order valence-electron chi connectivity index (χ4n) is 3.27. The third kappa shape index (κ3) is 2.66. The van der Waals surface area contributed by atoms with Crippen LogP contribution in [-0.4, -0.2) is 37.6 Å². The van der Waals surface area contributed by atoms with Crippen LogP contribution in [0.4, 0.5) is 5.69 Å². The molecule has 2 aliphatic rings. The first-order valence-corrected chi connectivity index (χ1v) is 7.58. The minimum Gasteiger partial charge on any atom is -0.316 e. The van der Waals surface area contributed by atoms with Crippen molar-refractivity contribution in [3.63, 3.8) is 0 Å². The Hall–Kier alpha value is -1.55. The molecule has 1 aromatic carbocycles. The number of hydrogen-bond acceptors (Lipinski definition) is 3. The number of amides is 1. The van der Waals surface area contributed by atoms with E-state index in [1.54, 1.807) is 5.01 Å². The minimum atomic E-state index is 0.208. The molecule has 1 amide bonds. The number of nitrogens with zero attached hydrogens (tertiary/aromatic N) is 2. The summed E-state index contributed by atoms with van der Waals surface area (Å²) >= 11 is 0. The first-order chi connectivity index (χ1) is 9.75. The molecular formula is C16H23N3O. The van der Waals surface area contributed by atoms with Gasteiger partial charge in [-0.2, -0.15) is 0 Å². The van der Waals surface area contributed by atoms with E-state index < -0.39 is 0 Å². The average Bonchev–Trinajstić information content (AvgIpc) is 2.81. The molecule has 0 aliphatic carbocycles. The first-order valence-electron chi connectivity index (χ1n) is 7.58. The normalized spacial score (nSPS) is 23.4. The van der Waals surface area contributed by atoms with Crippen molar-refractivity contribution in [2.45, 2.75) is 25.7 Å². The van der Waals surface area contributed by atoms with Crippen LogP contribution in [0.3, 0.4) is 0 Å². The van der Waals surface area contributed by atoms with Gasteiger partial charge in [0.1, 0.15) is 0 Å². The molecule has 0 spiro atoms. The highest BCUT2D eigenvalue weighted by Gasteiger charge is 2.27. The Kier molecular flexibility index (Phi) is 3.92. The molecular weight excluding hydrogens is 250 g/mol. The summed E-state index contributed by atoms with van der Waals surface area (Å²) in [5.74, 6) is 0.924. The van der Waals surface area contributed by atoms with E-state index >= 15 is 0 Å². The minimum absolute atomic E-state index is 0.208. The number of hydrazine groups is 1. The van der Waals surface area contributed by atoms with E-state index in [0.29, 0.717) is 12.3 Å².